The summed E-state index contributed by atoms with van der Waals surface area (Å²) in [7, 11) is 3.86. The number of para-hydroxylation sites is 1. The third kappa shape index (κ3) is 4.43. The summed E-state index contributed by atoms with van der Waals surface area (Å²) in [6, 6.07) is 14.3. The molecule has 0 bridgehead atoms. The highest BCUT2D eigenvalue weighted by Crippen LogP contribution is 2.46. The number of amides is 1. The SMILES string of the molecule is C[C@H]1c2cc(-c3cccc4c(Cl)c[nH]c34)c(F)c(F)c2NC(C)(C)C1OC(=O)Nc1ccc(N(C)C)cc1. The maximum atomic E-state index is 15.5. The molecular weight excluding hydrogens is 510 g/mol. The highest BCUT2D eigenvalue weighted by atomic mass is 35.5. The van der Waals surface area contributed by atoms with Gasteiger partial charge in [0.2, 0.25) is 0 Å². The first-order valence-corrected chi connectivity index (χ1v) is 12.7. The summed E-state index contributed by atoms with van der Waals surface area (Å²) in [5, 5.41) is 7.05. The van der Waals surface area contributed by atoms with Gasteiger partial charge in [-0.3, -0.25) is 5.32 Å². The Morgan fingerprint density at radius 3 is 2.47 bits per heavy atom. The fourth-order valence-electron chi connectivity index (χ4n) is 5.21. The van der Waals surface area contributed by atoms with Gasteiger partial charge in [0.15, 0.2) is 11.6 Å². The second kappa shape index (κ2) is 9.51. The lowest BCUT2D eigenvalue weighted by Gasteiger charge is -2.44. The van der Waals surface area contributed by atoms with E-state index in [1.165, 1.54) is 0 Å². The minimum absolute atomic E-state index is 0.0694. The second-order valence-corrected chi connectivity index (χ2v) is 10.8. The number of carbonyl (C=O) groups excluding carboxylic acids is 1. The van der Waals surface area contributed by atoms with E-state index in [1.807, 2.05) is 44.1 Å². The van der Waals surface area contributed by atoms with Crippen LogP contribution >= 0.6 is 11.6 Å². The van der Waals surface area contributed by atoms with Gasteiger partial charge in [0.25, 0.3) is 0 Å². The zero-order valence-corrected chi connectivity index (χ0v) is 22.5. The first kappa shape index (κ1) is 25.9. The summed E-state index contributed by atoms with van der Waals surface area (Å²) in [5.74, 6) is -2.38. The van der Waals surface area contributed by atoms with Crippen LogP contribution in [0.4, 0.5) is 30.6 Å². The molecule has 0 aliphatic carbocycles. The zero-order valence-electron chi connectivity index (χ0n) is 21.7. The topological polar surface area (TPSA) is 69.4 Å². The van der Waals surface area contributed by atoms with Crippen LogP contribution in [0.3, 0.4) is 0 Å². The van der Waals surface area contributed by atoms with Crippen LogP contribution in [0.15, 0.2) is 54.7 Å². The number of aromatic amines is 1. The molecule has 4 aromatic rings. The van der Waals surface area contributed by atoms with E-state index in [0.717, 1.165) is 5.69 Å². The molecule has 0 spiro atoms. The number of halogens is 3. The van der Waals surface area contributed by atoms with E-state index in [4.69, 9.17) is 16.3 Å². The molecule has 0 radical (unpaired) electrons. The van der Waals surface area contributed by atoms with Crippen LogP contribution in [0.2, 0.25) is 5.02 Å². The predicted molar refractivity (Wildman–Crippen MR) is 149 cm³/mol. The van der Waals surface area contributed by atoms with Gasteiger partial charge in [0.1, 0.15) is 6.10 Å². The summed E-state index contributed by atoms with van der Waals surface area (Å²) in [6.07, 6.45) is 0.307. The standard InChI is InChI=1S/C29H29ClF2N4O2/c1-15-20-13-21(18-7-6-8-19-22(30)14-33-25(18)19)23(31)24(32)26(20)35-29(2,3)27(15)38-28(37)34-16-9-11-17(12-10-16)36(4)5/h6-15,27,33,35H,1-5H3,(H,34,37)/t15-,27?/m0/s1. The molecule has 3 aromatic carbocycles. The summed E-state index contributed by atoms with van der Waals surface area (Å²) in [5.41, 5.74) is 2.49. The molecule has 198 valence electrons. The van der Waals surface area contributed by atoms with Gasteiger partial charge in [-0.25, -0.2) is 13.6 Å². The molecule has 1 aliphatic rings. The lowest BCUT2D eigenvalue weighted by molar-refractivity contribution is 0.0567. The number of nitrogens with zero attached hydrogens (tertiary/aromatic N) is 1. The van der Waals surface area contributed by atoms with Crippen molar-refractivity contribution in [3.63, 3.8) is 0 Å². The van der Waals surface area contributed by atoms with Crippen LogP contribution in [0, 0.1) is 11.6 Å². The van der Waals surface area contributed by atoms with Crippen LogP contribution < -0.4 is 15.5 Å². The van der Waals surface area contributed by atoms with Crippen molar-refractivity contribution in [3.05, 3.63) is 76.9 Å². The molecule has 6 nitrogen and oxygen atoms in total. The van der Waals surface area contributed by atoms with Crippen molar-refractivity contribution in [2.75, 3.05) is 29.6 Å². The molecule has 1 aromatic heterocycles. The Balaban J connectivity index is 1.48. The average Bonchev–Trinajstić information content (AvgIpc) is 3.26. The van der Waals surface area contributed by atoms with Crippen molar-refractivity contribution >= 4 is 45.7 Å². The second-order valence-electron chi connectivity index (χ2n) is 10.4. The van der Waals surface area contributed by atoms with E-state index >= 15 is 8.78 Å². The van der Waals surface area contributed by atoms with E-state index in [0.29, 0.717) is 32.7 Å². The molecule has 38 heavy (non-hydrogen) atoms. The smallest absolute Gasteiger partial charge is 0.411 e. The van der Waals surface area contributed by atoms with E-state index < -0.39 is 35.3 Å². The number of aromatic nitrogens is 1. The molecule has 2 heterocycles. The van der Waals surface area contributed by atoms with Crippen molar-refractivity contribution in [1.29, 1.82) is 0 Å². The molecular formula is C29H29ClF2N4O2. The van der Waals surface area contributed by atoms with Crippen molar-refractivity contribution in [3.8, 4) is 11.1 Å². The van der Waals surface area contributed by atoms with E-state index in [1.54, 1.807) is 50.4 Å². The number of fused-ring (bicyclic) bond motifs is 2. The Labute approximate surface area is 224 Å². The Hall–Kier alpha value is -3.78. The van der Waals surface area contributed by atoms with Crippen LogP contribution in [-0.4, -0.2) is 36.8 Å². The number of rotatable bonds is 4. The number of carbonyl (C=O) groups is 1. The summed E-state index contributed by atoms with van der Waals surface area (Å²) in [6.45, 7) is 5.44. The summed E-state index contributed by atoms with van der Waals surface area (Å²) < 4.78 is 36.9. The quantitative estimate of drug-likeness (QED) is 0.248. The van der Waals surface area contributed by atoms with E-state index in [-0.39, 0.29) is 11.3 Å². The molecule has 0 saturated heterocycles. The number of hydrogen-bond acceptors (Lipinski definition) is 4. The van der Waals surface area contributed by atoms with Crippen molar-refractivity contribution in [1.82, 2.24) is 4.98 Å². The van der Waals surface area contributed by atoms with Gasteiger partial charge in [0, 0.05) is 54.1 Å². The molecule has 9 heteroatoms. The Bertz CT molecular complexity index is 1530. The lowest BCUT2D eigenvalue weighted by Crippen LogP contribution is -2.52. The zero-order chi connectivity index (χ0) is 27.4. The molecule has 1 amide bonds. The molecule has 0 fully saturated rings. The van der Waals surface area contributed by atoms with Gasteiger partial charge in [0.05, 0.1) is 21.8 Å². The fraction of sp³-hybridized carbons (Fsp3) is 0.276. The number of ether oxygens (including phenoxy) is 1. The number of nitrogens with one attached hydrogen (secondary N) is 3. The molecule has 1 unspecified atom stereocenters. The fourth-order valence-corrected chi connectivity index (χ4v) is 5.42. The maximum absolute atomic E-state index is 15.5. The lowest BCUT2D eigenvalue weighted by atomic mass is 9.78. The molecule has 2 atom stereocenters. The maximum Gasteiger partial charge on any atom is 0.411 e. The minimum atomic E-state index is -0.976. The van der Waals surface area contributed by atoms with Gasteiger partial charge in [-0.1, -0.05) is 36.7 Å². The van der Waals surface area contributed by atoms with Crippen LogP contribution in [-0.2, 0) is 4.74 Å². The highest BCUT2D eigenvalue weighted by Gasteiger charge is 2.44. The summed E-state index contributed by atoms with van der Waals surface area (Å²) >= 11 is 6.25. The Kier molecular flexibility index (Phi) is 6.47. The third-order valence-corrected chi connectivity index (χ3v) is 7.47. The van der Waals surface area contributed by atoms with Gasteiger partial charge in [-0.15, -0.1) is 0 Å². The monoisotopic (exact) mass is 538 g/mol. The predicted octanol–water partition coefficient (Wildman–Crippen LogP) is 7.76. The normalized spacial score (nSPS) is 18.0. The van der Waals surface area contributed by atoms with Crippen molar-refractivity contribution in [2.24, 2.45) is 0 Å². The molecule has 5 rings (SSSR count). The molecule has 1 aliphatic heterocycles. The number of anilines is 3. The van der Waals surface area contributed by atoms with Gasteiger partial charge < -0.3 is 19.9 Å². The van der Waals surface area contributed by atoms with E-state index in [2.05, 4.69) is 15.6 Å². The number of benzene rings is 3. The number of H-pyrrole nitrogens is 1. The largest absolute Gasteiger partial charge is 0.443 e. The van der Waals surface area contributed by atoms with Gasteiger partial charge in [-0.05, 0) is 49.7 Å². The molecule has 3 N–H and O–H groups in total. The van der Waals surface area contributed by atoms with Crippen molar-refractivity contribution < 1.29 is 18.3 Å². The Morgan fingerprint density at radius 1 is 1.08 bits per heavy atom. The highest BCUT2D eigenvalue weighted by molar-refractivity contribution is 6.36. The summed E-state index contributed by atoms with van der Waals surface area (Å²) in [4.78, 5) is 17.9. The molecule has 0 saturated carbocycles. The number of hydrogen-bond donors (Lipinski definition) is 3. The van der Waals surface area contributed by atoms with Gasteiger partial charge in [-0.2, -0.15) is 0 Å². The first-order valence-electron chi connectivity index (χ1n) is 12.3. The first-order chi connectivity index (χ1) is 18.0. The third-order valence-electron chi connectivity index (χ3n) is 7.16. The average molecular weight is 539 g/mol. The van der Waals surface area contributed by atoms with Crippen molar-refractivity contribution in [2.45, 2.75) is 38.3 Å². The Morgan fingerprint density at radius 2 is 1.79 bits per heavy atom. The van der Waals surface area contributed by atoms with E-state index in [9.17, 15) is 4.79 Å². The van der Waals surface area contributed by atoms with Crippen LogP contribution in [0.25, 0.3) is 22.0 Å². The minimum Gasteiger partial charge on any atom is -0.443 e. The van der Waals surface area contributed by atoms with Gasteiger partial charge >= 0.3 is 6.09 Å². The van der Waals surface area contributed by atoms with Crippen LogP contribution in [0.5, 0.6) is 0 Å². The van der Waals surface area contributed by atoms with Crippen LogP contribution in [0.1, 0.15) is 32.3 Å².